The van der Waals surface area contributed by atoms with Crippen molar-refractivity contribution in [2.75, 3.05) is 6.54 Å². The summed E-state index contributed by atoms with van der Waals surface area (Å²) in [4.78, 5) is 12.5. The van der Waals surface area contributed by atoms with Crippen molar-refractivity contribution in [2.45, 2.75) is 45.5 Å². The lowest BCUT2D eigenvalue weighted by molar-refractivity contribution is 0.00578. The molecule has 1 saturated heterocycles. The van der Waals surface area contributed by atoms with Crippen molar-refractivity contribution in [1.29, 1.82) is 0 Å². The summed E-state index contributed by atoms with van der Waals surface area (Å²) in [6.07, 6.45) is 1.50. The van der Waals surface area contributed by atoms with E-state index in [1.807, 2.05) is 101 Å². The average Bonchev–Trinajstić information content (AvgIpc) is 3.33. The van der Waals surface area contributed by atoms with E-state index >= 15 is 0 Å². The predicted molar refractivity (Wildman–Crippen MR) is 142 cm³/mol. The molecule has 5 rings (SSSR count). The number of hydrogen-bond donors (Lipinski definition) is 1. The maximum absolute atomic E-state index is 12.5. The Morgan fingerprint density at radius 3 is 2.31 bits per heavy atom. The molecule has 2 heterocycles. The topological polar surface area (TPSA) is 69.9 Å². The number of amides is 1. The Hall–Kier alpha value is -3.55. The number of alkyl carbamates (subject to hydrolysis) is 1. The Labute approximate surface area is 211 Å². The van der Waals surface area contributed by atoms with Gasteiger partial charge in [0.15, 0.2) is 0 Å². The third-order valence-electron chi connectivity index (χ3n) is 6.96. The monoisotopic (exact) mass is 483 g/mol. The summed E-state index contributed by atoms with van der Waals surface area (Å²) in [6, 6.07) is 23.6. The largest absolute Gasteiger partial charge is 0.492 e. The van der Waals surface area contributed by atoms with Crippen LogP contribution in [0.2, 0.25) is 0 Å². The molecule has 0 saturated carbocycles. The summed E-state index contributed by atoms with van der Waals surface area (Å²) in [6.45, 7) is 8.46. The van der Waals surface area contributed by atoms with Crippen LogP contribution in [0, 0.1) is 0 Å². The average molecular weight is 483 g/mol. The van der Waals surface area contributed by atoms with Crippen molar-refractivity contribution in [3.05, 3.63) is 89.4 Å². The number of furan rings is 1. The number of benzene rings is 3. The first-order valence-electron chi connectivity index (χ1n) is 12.1. The van der Waals surface area contributed by atoms with Gasteiger partial charge in [-0.05, 0) is 62.5 Å². The van der Waals surface area contributed by atoms with Crippen LogP contribution in [0.3, 0.4) is 0 Å². The zero-order valence-electron chi connectivity index (χ0n) is 21.0. The van der Waals surface area contributed by atoms with Gasteiger partial charge in [0.05, 0.1) is 11.2 Å². The zero-order chi connectivity index (χ0) is 25.3. The minimum atomic E-state index is -0.610. The van der Waals surface area contributed by atoms with Gasteiger partial charge in [-0.15, -0.1) is 0 Å². The Morgan fingerprint density at radius 1 is 0.889 bits per heavy atom. The standard InChI is InChI=1S/C29H30BNO5/c1-28(2)29(3,4)36-30(35-28)22(18-31-27(32)33-19-20-10-6-5-7-11-20)16-21-14-15-26-24(17-21)23-12-8-9-13-25(23)34-26/h5-17H,18-19H2,1-4H3,(H,31,32). The normalized spacial score (nSPS) is 17.0. The molecule has 36 heavy (non-hydrogen) atoms. The maximum Gasteiger partial charge on any atom is 0.492 e. The van der Waals surface area contributed by atoms with Gasteiger partial charge >= 0.3 is 13.2 Å². The van der Waals surface area contributed by atoms with Gasteiger partial charge < -0.3 is 23.8 Å². The van der Waals surface area contributed by atoms with E-state index in [1.165, 1.54) is 0 Å². The fourth-order valence-corrected chi connectivity index (χ4v) is 4.19. The second-order valence-electron chi connectivity index (χ2n) is 10.1. The third kappa shape index (κ3) is 4.90. The molecule has 7 heteroatoms. The lowest BCUT2D eigenvalue weighted by atomic mass is 9.77. The molecule has 0 unspecified atom stereocenters. The lowest BCUT2D eigenvalue weighted by Gasteiger charge is -2.32. The van der Waals surface area contributed by atoms with E-state index in [9.17, 15) is 4.79 Å². The number of carbonyl (C=O) groups is 1. The van der Waals surface area contributed by atoms with Gasteiger partial charge in [0.1, 0.15) is 17.8 Å². The number of rotatable bonds is 6. The van der Waals surface area contributed by atoms with Gasteiger partial charge in [-0.2, -0.15) is 0 Å². The van der Waals surface area contributed by atoms with Crippen LogP contribution in [0.5, 0.6) is 0 Å². The van der Waals surface area contributed by atoms with E-state index in [4.69, 9.17) is 18.5 Å². The molecule has 0 atom stereocenters. The van der Waals surface area contributed by atoms with Crippen molar-refractivity contribution < 1.29 is 23.3 Å². The molecular weight excluding hydrogens is 453 g/mol. The zero-order valence-corrected chi connectivity index (χ0v) is 21.0. The van der Waals surface area contributed by atoms with E-state index in [1.54, 1.807) is 0 Å². The highest BCUT2D eigenvalue weighted by Gasteiger charge is 2.52. The molecule has 1 N–H and O–H groups in total. The highest BCUT2D eigenvalue weighted by Crippen LogP contribution is 2.39. The number of ether oxygens (including phenoxy) is 1. The number of nitrogens with one attached hydrogen (secondary N) is 1. The molecule has 6 nitrogen and oxygen atoms in total. The highest BCUT2D eigenvalue weighted by atomic mass is 16.7. The lowest BCUT2D eigenvalue weighted by Crippen LogP contribution is -2.41. The first kappa shape index (κ1) is 24.2. The second-order valence-corrected chi connectivity index (χ2v) is 10.1. The van der Waals surface area contributed by atoms with Crippen LogP contribution in [0.15, 0.2) is 82.7 Å². The van der Waals surface area contributed by atoms with E-state index in [0.29, 0.717) is 0 Å². The van der Waals surface area contributed by atoms with E-state index < -0.39 is 24.4 Å². The van der Waals surface area contributed by atoms with Crippen LogP contribution in [0.1, 0.15) is 38.8 Å². The highest BCUT2D eigenvalue weighted by molar-refractivity contribution is 6.56. The first-order chi connectivity index (χ1) is 17.2. The SMILES string of the molecule is CC1(C)OB(C(=Cc2ccc3oc4ccccc4c3c2)CNC(=O)OCc2ccccc2)OC1(C)C. The van der Waals surface area contributed by atoms with Gasteiger partial charge in [0, 0.05) is 17.3 Å². The minimum absolute atomic E-state index is 0.201. The third-order valence-corrected chi connectivity index (χ3v) is 6.96. The van der Waals surface area contributed by atoms with Crippen LogP contribution in [0.25, 0.3) is 28.0 Å². The number of fused-ring (bicyclic) bond motifs is 3. The van der Waals surface area contributed by atoms with Crippen molar-refractivity contribution in [3.63, 3.8) is 0 Å². The van der Waals surface area contributed by atoms with E-state index in [-0.39, 0.29) is 13.2 Å². The van der Waals surface area contributed by atoms with Crippen molar-refractivity contribution in [1.82, 2.24) is 5.32 Å². The Morgan fingerprint density at radius 2 is 1.56 bits per heavy atom. The fourth-order valence-electron chi connectivity index (χ4n) is 4.19. The summed E-state index contributed by atoms with van der Waals surface area (Å²) in [7, 11) is -0.610. The maximum atomic E-state index is 12.5. The second kappa shape index (κ2) is 9.49. The molecule has 0 spiro atoms. The van der Waals surface area contributed by atoms with Crippen LogP contribution >= 0.6 is 0 Å². The van der Waals surface area contributed by atoms with Crippen LogP contribution in [-0.4, -0.2) is 31.0 Å². The van der Waals surface area contributed by atoms with Gasteiger partial charge in [0.25, 0.3) is 0 Å². The molecular formula is C29H30BNO5. The molecule has 0 radical (unpaired) electrons. The summed E-state index contributed by atoms with van der Waals surface area (Å²) >= 11 is 0. The minimum Gasteiger partial charge on any atom is -0.456 e. The molecule has 0 bridgehead atoms. The summed E-state index contributed by atoms with van der Waals surface area (Å²) in [5.41, 5.74) is 3.34. The van der Waals surface area contributed by atoms with Crippen LogP contribution in [-0.2, 0) is 20.7 Å². The van der Waals surface area contributed by atoms with E-state index in [0.717, 1.165) is 38.5 Å². The summed E-state index contributed by atoms with van der Waals surface area (Å²) in [5, 5.41) is 4.95. The quantitative estimate of drug-likeness (QED) is 0.316. The van der Waals surface area contributed by atoms with Crippen molar-refractivity contribution in [2.24, 2.45) is 0 Å². The molecule has 1 amide bonds. The molecule has 1 fully saturated rings. The summed E-state index contributed by atoms with van der Waals surface area (Å²) in [5.74, 6) is 0. The van der Waals surface area contributed by atoms with Crippen LogP contribution in [0.4, 0.5) is 4.79 Å². The van der Waals surface area contributed by atoms with Crippen molar-refractivity contribution in [3.8, 4) is 0 Å². The fraction of sp³-hybridized carbons (Fsp3) is 0.276. The number of carbonyl (C=O) groups excluding carboxylic acids is 1. The first-order valence-corrected chi connectivity index (χ1v) is 12.1. The predicted octanol–water partition coefficient (Wildman–Crippen LogP) is 6.53. The van der Waals surface area contributed by atoms with Gasteiger partial charge in [-0.25, -0.2) is 4.79 Å². The molecule has 3 aromatic carbocycles. The molecule has 184 valence electrons. The summed E-state index contributed by atoms with van der Waals surface area (Å²) < 4.78 is 24.0. The molecule has 1 aliphatic heterocycles. The molecule has 0 aliphatic carbocycles. The number of para-hydroxylation sites is 1. The van der Waals surface area contributed by atoms with Gasteiger partial charge in [-0.3, -0.25) is 0 Å². The smallest absolute Gasteiger partial charge is 0.456 e. The molecule has 1 aliphatic rings. The number of hydrogen-bond acceptors (Lipinski definition) is 5. The Kier molecular flexibility index (Phi) is 6.37. The van der Waals surface area contributed by atoms with E-state index in [2.05, 4.69) is 11.4 Å². The van der Waals surface area contributed by atoms with Gasteiger partial charge in [-0.1, -0.05) is 60.7 Å². The molecule has 4 aromatic rings. The van der Waals surface area contributed by atoms with Crippen LogP contribution < -0.4 is 5.32 Å². The van der Waals surface area contributed by atoms with Crippen molar-refractivity contribution >= 4 is 41.2 Å². The Bertz CT molecular complexity index is 1410. The molecule has 1 aromatic heterocycles. The Balaban J connectivity index is 1.40. The van der Waals surface area contributed by atoms with Gasteiger partial charge in [0.2, 0.25) is 0 Å².